The Morgan fingerprint density at radius 3 is 2.76 bits per heavy atom. The second-order valence-electron chi connectivity index (χ2n) is 6.20. The average Bonchev–Trinajstić information content (AvgIpc) is 3.29. The third-order valence-corrected chi connectivity index (χ3v) is 4.54. The van der Waals surface area contributed by atoms with Crippen molar-refractivity contribution in [3.63, 3.8) is 0 Å². The minimum Gasteiger partial charge on any atom is -0.486 e. The summed E-state index contributed by atoms with van der Waals surface area (Å²) in [5.74, 6) is 1.08. The zero-order chi connectivity index (χ0) is 17.2. The molecular weight excluding hydrogens is 318 g/mol. The summed E-state index contributed by atoms with van der Waals surface area (Å²) in [5.41, 5.74) is 0.988. The lowest BCUT2D eigenvalue weighted by Crippen LogP contribution is -2.15. The fourth-order valence-corrected chi connectivity index (χ4v) is 3.24. The lowest BCUT2D eigenvalue weighted by atomic mass is 10.2. The monoisotopic (exact) mass is 335 g/mol. The third kappa shape index (κ3) is 2.98. The first-order valence-electron chi connectivity index (χ1n) is 8.34. The van der Waals surface area contributed by atoms with Crippen molar-refractivity contribution in [2.45, 2.75) is 38.3 Å². The van der Waals surface area contributed by atoms with Crippen molar-refractivity contribution in [3.8, 4) is 11.8 Å². The third-order valence-electron chi connectivity index (χ3n) is 4.54. The summed E-state index contributed by atoms with van der Waals surface area (Å²) in [7, 11) is 0. The molecule has 1 fully saturated rings. The Kier molecular flexibility index (Phi) is 3.94. The van der Waals surface area contributed by atoms with Gasteiger partial charge in [0, 0.05) is 0 Å². The molecule has 126 valence electrons. The van der Waals surface area contributed by atoms with Crippen LogP contribution in [0.3, 0.4) is 0 Å². The molecular formula is C18H17N5O2. The van der Waals surface area contributed by atoms with E-state index in [4.69, 9.17) is 10.00 Å². The molecule has 7 nitrogen and oxygen atoms in total. The van der Waals surface area contributed by atoms with Crippen LogP contribution < -0.4 is 10.3 Å². The number of ether oxygens (including phenoxy) is 1. The molecule has 0 spiro atoms. The van der Waals surface area contributed by atoms with Gasteiger partial charge >= 0.3 is 0 Å². The van der Waals surface area contributed by atoms with Crippen LogP contribution in [0.25, 0.3) is 11.0 Å². The van der Waals surface area contributed by atoms with Crippen LogP contribution in [-0.2, 0) is 6.61 Å². The quantitative estimate of drug-likeness (QED) is 0.790. The van der Waals surface area contributed by atoms with E-state index in [1.54, 1.807) is 30.5 Å². The van der Waals surface area contributed by atoms with E-state index in [9.17, 15) is 4.79 Å². The van der Waals surface area contributed by atoms with Crippen molar-refractivity contribution in [2.24, 2.45) is 0 Å². The van der Waals surface area contributed by atoms with E-state index in [0.717, 1.165) is 12.8 Å². The molecule has 1 saturated carbocycles. The molecule has 2 heterocycles. The Hall–Kier alpha value is -3.14. The molecule has 0 atom stereocenters. The van der Waals surface area contributed by atoms with Gasteiger partial charge in [-0.3, -0.25) is 4.79 Å². The van der Waals surface area contributed by atoms with Crippen LogP contribution >= 0.6 is 0 Å². The number of benzene rings is 1. The number of fused-ring (bicyclic) bond motifs is 1. The van der Waals surface area contributed by atoms with Crippen molar-refractivity contribution in [1.82, 2.24) is 19.7 Å². The van der Waals surface area contributed by atoms with Crippen LogP contribution in [0, 0.1) is 11.3 Å². The fourth-order valence-electron chi connectivity index (χ4n) is 3.24. The molecule has 3 aromatic rings. The lowest BCUT2D eigenvalue weighted by molar-refractivity contribution is 0.295. The second kappa shape index (κ2) is 6.40. The second-order valence-corrected chi connectivity index (χ2v) is 6.20. The maximum Gasteiger partial charge on any atom is 0.262 e. The van der Waals surface area contributed by atoms with E-state index in [1.807, 2.05) is 4.68 Å². The van der Waals surface area contributed by atoms with Crippen molar-refractivity contribution < 1.29 is 4.74 Å². The number of aromatic amines is 1. The Labute approximate surface area is 143 Å². The van der Waals surface area contributed by atoms with Gasteiger partial charge in [0.25, 0.3) is 5.56 Å². The predicted octanol–water partition coefficient (Wildman–Crippen LogP) is 2.69. The molecule has 1 N–H and O–H groups in total. The van der Waals surface area contributed by atoms with E-state index in [1.165, 1.54) is 12.8 Å². The molecule has 1 aliphatic rings. The van der Waals surface area contributed by atoms with Crippen LogP contribution in [0.1, 0.15) is 43.1 Å². The largest absolute Gasteiger partial charge is 0.486 e. The number of hydrogen-bond acceptors (Lipinski definition) is 5. The fraction of sp³-hybridized carbons (Fsp3) is 0.333. The zero-order valence-electron chi connectivity index (χ0n) is 13.6. The van der Waals surface area contributed by atoms with Crippen LogP contribution in [0.2, 0.25) is 0 Å². The topological polar surface area (TPSA) is 96.6 Å². The molecule has 25 heavy (non-hydrogen) atoms. The van der Waals surface area contributed by atoms with E-state index in [2.05, 4.69) is 21.1 Å². The maximum absolute atomic E-state index is 12.3. The molecule has 2 aromatic heterocycles. The van der Waals surface area contributed by atoms with Gasteiger partial charge in [-0.15, -0.1) is 0 Å². The van der Waals surface area contributed by atoms with Gasteiger partial charge in [-0.25, -0.2) is 9.67 Å². The first-order valence-corrected chi connectivity index (χ1v) is 8.34. The van der Waals surface area contributed by atoms with Crippen LogP contribution in [-0.4, -0.2) is 19.7 Å². The molecule has 0 aliphatic heterocycles. The molecule has 1 aliphatic carbocycles. The van der Waals surface area contributed by atoms with Gasteiger partial charge in [0.2, 0.25) is 0 Å². The van der Waals surface area contributed by atoms with Crippen molar-refractivity contribution in [2.75, 3.05) is 0 Å². The Bertz CT molecular complexity index is 991. The van der Waals surface area contributed by atoms with Crippen LogP contribution in [0.5, 0.6) is 5.75 Å². The lowest BCUT2D eigenvalue weighted by Gasteiger charge is -2.11. The summed E-state index contributed by atoms with van der Waals surface area (Å²) in [6.45, 7) is 0.146. The number of H-pyrrole nitrogens is 1. The van der Waals surface area contributed by atoms with Crippen molar-refractivity contribution >= 4 is 11.0 Å². The average molecular weight is 335 g/mol. The van der Waals surface area contributed by atoms with Crippen LogP contribution in [0.15, 0.2) is 35.3 Å². The van der Waals surface area contributed by atoms with Gasteiger partial charge in [0.15, 0.2) is 5.65 Å². The molecule has 7 heteroatoms. The number of nitrogens with one attached hydrogen (secondary N) is 1. The molecule has 0 radical (unpaired) electrons. The minimum absolute atomic E-state index is 0.146. The van der Waals surface area contributed by atoms with Crippen molar-refractivity contribution in [3.05, 3.63) is 52.2 Å². The van der Waals surface area contributed by atoms with Gasteiger partial charge in [-0.2, -0.15) is 10.4 Å². The summed E-state index contributed by atoms with van der Waals surface area (Å²) in [4.78, 5) is 19.6. The predicted molar refractivity (Wildman–Crippen MR) is 91.1 cm³/mol. The summed E-state index contributed by atoms with van der Waals surface area (Å²) in [6.07, 6.45) is 6.10. The summed E-state index contributed by atoms with van der Waals surface area (Å²) < 4.78 is 7.54. The highest BCUT2D eigenvalue weighted by atomic mass is 16.5. The summed E-state index contributed by atoms with van der Waals surface area (Å²) in [6, 6.07) is 9.19. The Morgan fingerprint density at radius 1 is 1.28 bits per heavy atom. The SMILES string of the molecule is N#Cc1ccc(OCc2nc3c(cnn3C3CCCC3)c(=O)[nH]2)cc1. The minimum atomic E-state index is -0.201. The molecule has 0 amide bonds. The summed E-state index contributed by atoms with van der Waals surface area (Å²) in [5, 5.41) is 13.7. The molecule has 1 aromatic carbocycles. The highest BCUT2D eigenvalue weighted by molar-refractivity contribution is 5.73. The Morgan fingerprint density at radius 2 is 2.04 bits per heavy atom. The van der Waals surface area contributed by atoms with E-state index < -0.39 is 0 Å². The van der Waals surface area contributed by atoms with E-state index in [0.29, 0.717) is 34.2 Å². The first kappa shape index (κ1) is 15.4. The number of aromatic nitrogens is 4. The highest BCUT2D eigenvalue weighted by Gasteiger charge is 2.21. The molecule has 0 saturated heterocycles. The van der Waals surface area contributed by atoms with E-state index >= 15 is 0 Å². The van der Waals surface area contributed by atoms with Gasteiger partial charge in [0.1, 0.15) is 23.6 Å². The molecule has 0 bridgehead atoms. The molecule has 4 rings (SSSR count). The number of hydrogen-bond donors (Lipinski definition) is 1. The number of nitrogens with zero attached hydrogens (tertiary/aromatic N) is 4. The van der Waals surface area contributed by atoms with E-state index in [-0.39, 0.29) is 12.2 Å². The first-order chi connectivity index (χ1) is 12.2. The van der Waals surface area contributed by atoms with Gasteiger partial charge in [-0.05, 0) is 37.1 Å². The molecule has 0 unspecified atom stereocenters. The normalized spacial score (nSPS) is 14.7. The van der Waals surface area contributed by atoms with Gasteiger partial charge < -0.3 is 9.72 Å². The maximum atomic E-state index is 12.3. The summed E-state index contributed by atoms with van der Waals surface area (Å²) >= 11 is 0. The number of rotatable bonds is 4. The smallest absolute Gasteiger partial charge is 0.262 e. The number of nitriles is 1. The van der Waals surface area contributed by atoms with Gasteiger partial charge in [-0.1, -0.05) is 12.8 Å². The standard InChI is InChI=1S/C18H17N5O2/c19-9-12-5-7-14(8-6-12)25-11-16-21-17-15(18(24)22-16)10-20-23(17)13-3-1-2-4-13/h5-8,10,13H,1-4,11H2,(H,21,22,24). The Balaban J connectivity index is 1.59. The van der Waals surface area contributed by atoms with Crippen LogP contribution in [0.4, 0.5) is 0 Å². The van der Waals surface area contributed by atoms with Gasteiger partial charge in [0.05, 0.1) is 23.9 Å². The highest BCUT2D eigenvalue weighted by Crippen LogP contribution is 2.30. The van der Waals surface area contributed by atoms with Crippen molar-refractivity contribution in [1.29, 1.82) is 5.26 Å². The zero-order valence-corrected chi connectivity index (χ0v) is 13.6.